The summed E-state index contributed by atoms with van der Waals surface area (Å²) in [6, 6.07) is -0.935. The van der Waals surface area contributed by atoms with E-state index in [1.807, 2.05) is 0 Å². The molecule has 0 heterocycles. The van der Waals surface area contributed by atoms with Crippen LogP contribution in [0.3, 0.4) is 0 Å². The third-order valence-electron chi connectivity index (χ3n) is 2.16. The number of carboxylic acid groups (broad SMARTS) is 1. The number of amides is 1. The Bertz CT molecular complexity index is 262. The molecule has 0 aromatic heterocycles. The van der Waals surface area contributed by atoms with Gasteiger partial charge in [0, 0.05) is 10.7 Å². The fourth-order valence-electron chi connectivity index (χ4n) is 1.18. The molecule has 0 radical (unpaired) electrons. The van der Waals surface area contributed by atoms with E-state index in [1.165, 1.54) is 0 Å². The average molecular weight is 390 g/mol. The second-order valence-electron chi connectivity index (χ2n) is 3.66. The fourth-order valence-corrected chi connectivity index (χ4v) is 2.52. The monoisotopic (exact) mass is 388 g/mol. The van der Waals surface area contributed by atoms with Crippen LogP contribution in [0.1, 0.15) is 19.3 Å². The first-order valence-electron chi connectivity index (χ1n) is 5.57. The Morgan fingerprint density at radius 1 is 1.28 bits per heavy atom. The number of carbonyl (C=O) groups is 2. The van der Waals surface area contributed by atoms with Crippen molar-refractivity contribution in [1.82, 2.24) is 5.32 Å². The quantitative estimate of drug-likeness (QED) is 0.409. The maximum atomic E-state index is 11.5. The first-order valence-corrected chi connectivity index (χ1v) is 7.81. The molecule has 0 fully saturated rings. The maximum absolute atomic E-state index is 11.5. The molecule has 0 aliphatic rings. The van der Waals surface area contributed by atoms with Crippen molar-refractivity contribution in [3.05, 3.63) is 0 Å². The van der Waals surface area contributed by atoms with Crippen molar-refractivity contribution >= 4 is 43.9 Å². The Hall–Kier alpha value is -0.340. The summed E-state index contributed by atoms with van der Waals surface area (Å²) in [5, 5.41) is 12.2. The third kappa shape index (κ3) is 7.88. The highest BCUT2D eigenvalue weighted by Crippen LogP contribution is 2.04. The zero-order valence-electron chi connectivity index (χ0n) is 9.90. The average Bonchev–Trinajstić information content (AvgIpc) is 2.34. The molecule has 18 heavy (non-hydrogen) atoms. The molecule has 6 nitrogen and oxygen atoms in total. The molecule has 4 N–H and O–H groups in total. The molecule has 0 rings (SSSR count). The zero-order chi connectivity index (χ0) is 14.0. The Morgan fingerprint density at radius 3 is 2.33 bits per heavy atom. The van der Waals surface area contributed by atoms with Gasteiger partial charge in [-0.3, -0.25) is 0 Å². The molecule has 0 aromatic rings. The molecule has 0 aliphatic carbocycles. The molecule has 0 bridgehead atoms. The Kier molecular flexibility index (Phi) is 10.4. The van der Waals surface area contributed by atoms with E-state index in [0.717, 1.165) is 6.42 Å². The number of carboxylic acids is 1. The first kappa shape index (κ1) is 17.7. The molecule has 0 spiro atoms. The second kappa shape index (κ2) is 10.6. The summed E-state index contributed by atoms with van der Waals surface area (Å²) in [4.78, 5) is 22.4. The lowest BCUT2D eigenvalue weighted by atomic mass is 10.1. The van der Waals surface area contributed by atoms with Gasteiger partial charge < -0.3 is 20.9 Å². The largest absolute Gasteiger partial charge is 0.480 e. The van der Waals surface area contributed by atoms with Crippen molar-refractivity contribution in [2.45, 2.75) is 31.4 Å². The normalized spacial score (nSPS) is 12.2. The van der Waals surface area contributed by atoms with Crippen LogP contribution in [0.2, 0.25) is 0 Å². The zero-order valence-corrected chi connectivity index (χ0v) is 13.1. The van der Waals surface area contributed by atoms with Crippen LogP contribution >= 0.6 is 31.9 Å². The van der Waals surface area contributed by atoms with Gasteiger partial charge in [0.1, 0.15) is 12.1 Å². The van der Waals surface area contributed by atoms with Crippen molar-refractivity contribution < 1.29 is 19.4 Å². The van der Waals surface area contributed by atoms with Gasteiger partial charge >= 0.3 is 12.1 Å². The highest BCUT2D eigenvalue weighted by Gasteiger charge is 2.21. The van der Waals surface area contributed by atoms with E-state index in [1.54, 1.807) is 0 Å². The van der Waals surface area contributed by atoms with Gasteiger partial charge in [-0.1, -0.05) is 31.9 Å². The summed E-state index contributed by atoms with van der Waals surface area (Å²) in [6.07, 6.45) is 0.664. The predicted octanol–water partition coefficient (Wildman–Crippen LogP) is 1.45. The molecule has 8 heteroatoms. The summed E-state index contributed by atoms with van der Waals surface area (Å²) in [7, 11) is 0. The number of unbranched alkanes of at least 4 members (excludes halogenated alkanes) is 1. The highest BCUT2D eigenvalue weighted by atomic mass is 79.9. The van der Waals surface area contributed by atoms with Gasteiger partial charge in [-0.15, -0.1) is 0 Å². The number of aliphatic carboxylic acids is 1. The number of nitrogens with two attached hydrogens (primary N) is 1. The predicted molar refractivity (Wildman–Crippen MR) is 75.3 cm³/mol. The van der Waals surface area contributed by atoms with Gasteiger partial charge in [0.15, 0.2) is 0 Å². The summed E-state index contributed by atoms with van der Waals surface area (Å²) >= 11 is 6.37. The molecular weight excluding hydrogens is 372 g/mol. The van der Waals surface area contributed by atoms with Crippen molar-refractivity contribution in [2.75, 3.05) is 17.2 Å². The third-order valence-corrected chi connectivity index (χ3v) is 3.60. The molecule has 1 amide bonds. The van der Waals surface area contributed by atoms with Crippen LogP contribution < -0.4 is 11.1 Å². The van der Waals surface area contributed by atoms with E-state index < -0.39 is 18.1 Å². The van der Waals surface area contributed by atoms with E-state index in [2.05, 4.69) is 37.2 Å². The minimum absolute atomic E-state index is 0.330. The topological polar surface area (TPSA) is 102 Å². The number of hydrogen-bond donors (Lipinski definition) is 3. The smallest absolute Gasteiger partial charge is 0.408 e. The fraction of sp³-hybridized carbons (Fsp3) is 0.800. The number of ether oxygens (including phenoxy) is 1. The van der Waals surface area contributed by atoms with E-state index in [4.69, 9.17) is 15.6 Å². The van der Waals surface area contributed by atoms with Crippen LogP contribution in [0, 0.1) is 0 Å². The minimum atomic E-state index is -1.07. The first-order chi connectivity index (χ1) is 8.54. The number of hydrogen-bond acceptors (Lipinski definition) is 4. The Labute approximate surface area is 123 Å². The highest BCUT2D eigenvalue weighted by molar-refractivity contribution is 9.09. The Balaban J connectivity index is 4.14. The standard InChI is InChI=1S/C10H18Br2N2O4/c11-5-7(6-12)18-10(17)14-8(9(15)16)3-1-2-4-13/h7-8H,1-6,13H2,(H,14,17)(H,15,16). The van der Waals surface area contributed by atoms with Gasteiger partial charge in [0.2, 0.25) is 0 Å². The minimum Gasteiger partial charge on any atom is -0.480 e. The van der Waals surface area contributed by atoms with Crippen LogP contribution in [0.25, 0.3) is 0 Å². The number of halogens is 2. The molecule has 106 valence electrons. The van der Waals surface area contributed by atoms with E-state index in [0.29, 0.717) is 30.0 Å². The van der Waals surface area contributed by atoms with Crippen molar-refractivity contribution in [3.8, 4) is 0 Å². The van der Waals surface area contributed by atoms with E-state index in [9.17, 15) is 9.59 Å². The van der Waals surface area contributed by atoms with Crippen LogP contribution in [0.4, 0.5) is 4.79 Å². The van der Waals surface area contributed by atoms with Gasteiger partial charge in [-0.25, -0.2) is 9.59 Å². The molecule has 0 saturated heterocycles. The number of rotatable bonds is 9. The lowest BCUT2D eigenvalue weighted by molar-refractivity contribution is -0.139. The second-order valence-corrected chi connectivity index (χ2v) is 4.95. The lowest BCUT2D eigenvalue weighted by Crippen LogP contribution is -2.42. The lowest BCUT2D eigenvalue weighted by Gasteiger charge is -2.17. The SMILES string of the molecule is NCCCCC(NC(=O)OC(CBr)CBr)C(=O)O. The number of nitrogens with one attached hydrogen (secondary N) is 1. The molecule has 0 aromatic carbocycles. The van der Waals surface area contributed by atoms with Gasteiger partial charge in [0.05, 0.1) is 0 Å². The van der Waals surface area contributed by atoms with Crippen molar-refractivity contribution in [2.24, 2.45) is 5.73 Å². The van der Waals surface area contributed by atoms with Gasteiger partial charge in [0.25, 0.3) is 0 Å². The number of alkyl carbamates (subject to hydrolysis) is 1. The van der Waals surface area contributed by atoms with Crippen LogP contribution in [-0.4, -0.2) is 46.5 Å². The Morgan fingerprint density at radius 2 is 1.89 bits per heavy atom. The molecule has 0 saturated carbocycles. The molecule has 1 unspecified atom stereocenters. The summed E-state index contributed by atoms with van der Waals surface area (Å²) in [6.45, 7) is 0.506. The van der Waals surface area contributed by atoms with E-state index in [-0.39, 0.29) is 6.10 Å². The number of alkyl halides is 2. The van der Waals surface area contributed by atoms with Crippen LogP contribution in [-0.2, 0) is 9.53 Å². The van der Waals surface area contributed by atoms with Crippen LogP contribution in [0.5, 0.6) is 0 Å². The van der Waals surface area contributed by atoms with Crippen LogP contribution in [0.15, 0.2) is 0 Å². The van der Waals surface area contributed by atoms with E-state index >= 15 is 0 Å². The summed E-state index contributed by atoms with van der Waals surface area (Å²) < 4.78 is 5.00. The van der Waals surface area contributed by atoms with Gasteiger partial charge in [-0.05, 0) is 25.8 Å². The molecule has 0 aliphatic heterocycles. The van der Waals surface area contributed by atoms with Gasteiger partial charge in [-0.2, -0.15) is 0 Å². The summed E-state index contributed by atoms with van der Waals surface area (Å²) in [5.74, 6) is -1.07. The van der Waals surface area contributed by atoms with Crippen molar-refractivity contribution in [1.29, 1.82) is 0 Å². The summed E-state index contributed by atoms with van der Waals surface area (Å²) in [5.41, 5.74) is 5.32. The molecule has 1 atom stereocenters. The van der Waals surface area contributed by atoms with Crippen molar-refractivity contribution in [3.63, 3.8) is 0 Å². The maximum Gasteiger partial charge on any atom is 0.408 e. The molecular formula is C10H18Br2N2O4. The number of carbonyl (C=O) groups excluding carboxylic acids is 1.